The van der Waals surface area contributed by atoms with Gasteiger partial charge in [-0.15, -0.1) is 0 Å². The van der Waals surface area contributed by atoms with E-state index >= 15 is 0 Å². The fraction of sp³-hybridized carbons (Fsp3) is 0.194. The average Bonchev–Trinajstić information content (AvgIpc) is 3.27. The fourth-order valence-corrected chi connectivity index (χ4v) is 5.63. The van der Waals surface area contributed by atoms with E-state index in [9.17, 15) is 18.7 Å². The molecule has 1 heterocycles. The minimum Gasteiger partial charge on any atom is -0.481 e. The fourth-order valence-electron chi connectivity index (χ4n) is 5.63. The number of aliphatic carboxylic acids is 1. The van der Waals surface area contributed by atoms with Gasteiger partial charge in [0.2, 0.25) is 0 Å². The number of rotatable bonds is 9. The molecule has 0 atom stereocenters. The number of benzene rings is 4. The Morgan fingerprint density at radius 2 is 1.42 bits per heavy atom. The second-order valence-corrected chi connectivity index (χ2v) is 10.8. The molecule has 0 radical (unpaired) electrons. The predicted molar refractivity (Wildman–Crippen MR) is 163 cm³/mol. The Bertz CT molecular complexity index is 1670. The molecule has 0 unspecified atom stereocenters. The van der Waals surface area contributed by atoms with Crippen molar-refractivity contribution in [3.8, 4) is 11.5 Å². The number of carboxylic acid groups (broad SMARTS) is 1. The van der Waals surface area contributed by atoms with Crippen LogP contribution in [0.3, 0.4) is 0 Å². The highest BCUT2D eigenvalue weighted by molar-refractivity contribution is 6.08. The van der Waals surface area contributed by atoms with Crippen molar-refractivity contribution in [2.45, 2.75) is 19.4 Å². The van der Waals surface area contributed by atoms with E-state index < -0.39 is 11.8 Å². The van der Waals surface area contributed by atoms with E-state index in [1.165, 1.54) is 29.8 Å². The van der Waals surface area contributed by atoms with E-state index in [1.54, 1.807) is 18.2 Å². The molecule has 0 amide bonds. The Morgan fingerprint density at radius 3 is 2.09 bits per heavy atom. The van der Waals surface area contributed by atoms with Crippen LogP contribution in [-0.2, 0) is 22.5 Å². The van der Waals surface area contributed by atoms with Gasteiger partial charge in [0.25, 0.3) is 0 Å². The third-order valence-electron chi connectivity index (χ3n) is 7.77. The van der Waals surface area contributed by atoms with Gasteiger partial charge in [-0.05, 0) is 106 Å². The Morgan fingerprint density at radius 1 is 0.791 bits per heavy atom. The van der Waals surface area contributed by atoms with Gasteiger partial charge < -0.3 is 14.6 Å². The molecule has 1 N–H and O–H groups in total. The van der Waals surface area contributed by atoms with Crippen LogP contribution in [0.1, 0.15) is 34.2 Å². The summed E-state index contributed by atoms with van der Waals surface area (Å²) in [5.41, 5.74) is 6.93. The van der Waals surface area contributed by atoms with Crippen molar-refractivity contribution in [3.05, 3.63) is 136 Å². The van der Waals surface area contributed by atoms with Gasteiger partial charge >= 0.3 is 5.97 Å². The van der Waals surface area contributed by atoms with Gasteiger partial charge in [0.15, 0.2) is 0 Å². The second kappa shape index (κ2) is 12.7. The predicted octanol–water partition coefficient (Wildman–Crippen LogP) is 7.61. The number of morpholine rings is 1. The van der Waals surface area contributed by atoms with Crippen molar-refractivity contribution < 1.29 is 28.2 Å². The van der Waals surface area contributed by atoms with Gasteiger partial charge in [-0.25, -0.2) is 8.78 Å². The Hall–Kier alpha value is -4.59. The summed E-state index contributed by atoms with van der Waals surface area (Å²) >= 11 is 0. The number of carboxylic acids is 1. The quantitative estimate of drug-likeness (QED) is 0.221. The first-order valence-electron chi connectivity index (χ1n) is 14.3. The van der Waals surface area contributed by atoms with Crippen LogP contribution < -0.4 is 4.74 Å². The summed E-state index contributed by atoms with van der Waals surface area (Å²) in [7, 11) is 0. The molecule has 218 valence electrons. The lowest BCUT2D eigenvalue weighted by Gasteiger charge is -2.26. The van der Waals surface area contributed by atoms with Crippen molar-refractivity contribution in [1.82, 2.24) is 4.90 Å². The molecule has 1 aliphatic carbocycles. The molecule has 0 spiro atoms. The zero-order valence-corrected chi connectivity index (χ0v) is 23.6. The number of nitrogens with zero attached hydrogens (tertiary/aromatic N) is 1. The highest BCUT2D eigenvalue weighted by Gasteiger charge is 2.28. The van der Waals surface area contributed by atoms with Crippen LogP contribution in [0.2, 0.25) is 0 Å². The lowest BCUT2D eigenvalue weighted by Crippen LogP contribution is -2.35. The number of fused-ring (bicyclic) bond motifs is 1. The lowest BCUT2D eigenvalue weighted by molar-refractivity contribution is -0.135. The molecule has 5 nitrogen and oxygen atoms in total. The van der Waals surface area contributed by atoms with Crippen molar-refractivity contribution in [3.63, 3.8) is 0 Å². The summed E-state index contributed by atoms with van der Waals surface area (Å²) in [6.07, 6.45) is 2.30. The van der Waals surface area contributed by atoms with Crippen LogP contribution in [0.4, 0.5) is 8.78 Å². The first-order chi connectivity index (χ1) is 20.9. The minimum absolute atomic E-state index is 0.215. The Labute approximate surface area is 249 Å². The number of hydrogen-bond acceptors (Lipinski definition) is 4. The monoisotopic (exact) mass is 579 g/mol. The third kappa shape index (κ3) is 6.91. The maximum atomic E-state index is 14.4. The summed E-state index contributed by atoms with van der Waals surface area (Å²) < 4.78 is 39.0. The first kappa shape index (κ1) is 28.5. The van der Waals surface area contributed by atoms with E-state index in [2.05, 4.69) is 35.2 Å². The van der Waals surface area contributed by atoms with Crippen LogP contribution in [0.15, 0.2) is 96.6 Å². The Kier molecular flexibility index (Phi) is 8.45. The highest BCUT2D eigenvalue weighted by atomic mass is 19.1. The molecule has 2 aliphatic rings. The van der Waals surface area contributed by atoms with Crippen LogP contribution in [-0.4, -0.2) is 42.3 Å². The van der Waals surface area contributed by atoms with E-state index in [-0.39, 0.29) is 12.2 Å². The molecule has 43 heavy (non-hydrogen) atoms. The molecule has 1 fully saturated rings. The van der Waals surface area contributed by atoms with Crippen molar-refractivity contribution in [2.75, 3.05) is 26.3 Å². The molecule has 0 aromatic heterocycles. The molecular weight excluding hydrogens is 548 g/mol. The van der Waals surface area contributed by atoms with Crippen molar-refractivity contribution >= 4 is 23.2 Å². The van der Waals surface area contributed by atoms with Crippen LogP contribution in [0.25, 0.3) is 17.2 Å². The van der Waals surface area contributed by atoms with Crippen molar-refractivity contribution in [2.24, 2.45) is 0 Å². The second-order valence-electron chi connectivity index (χ2n) is 10.8. The smallest absolute Gasteiger partial charge is 0.307 e. The van der Waals surface area contributed by atoms with Crippen LogP contribution >= 0.6 is 0 Å². The topological polar surface area (TPSA) is 59.0 Å². The van der Waals surface area contributed by atoms with Crippen LogP contribution in [0.5, 0.6) is 11.5 Å². The van der Waals surface area contributed by atoms with E-state index in [0.29, 0.717) is 29.1 Å². The molecular formula is C36H31F2NO4. The van der Waals surface area contributed by atoms with E-state index in [0.717, 1.165) is 60.7 Å². The largest absolute Gasteiger partial charge is 0.481 e. The molecule has 6 rings (SSSR count). The minimum atomic E-state index is -0.973. The lowest BCUT2D eigenvalue weighted by atomic mass is 9.94. The molecule has 0 saturated carbocycles. The molecule has 4 aromatic carbocycles. The third-order valence-corrected chi connectivity index (χ3v) is 7.77. The average molecular weight is 580 g/mol. The summed E-state index contributed by atoms with van der Waals surface area (Å²) in [4.78, 5) is 14.3. The van der Waals surface area contributed by atoms with Gasteiger partial charge in [-0.3, -0.25) is 9.69 Å². The number of allylic oxidation sites excluding steroid dienone is 2. The van der Waals surface area contributed by atoms with Crippen molar-refractivity contribution in [1.29, 1.82) is 0 Å². The molecule has 1 saturated heterocycles. The molecule has 1 aliphatic heterocycles. The number of hydrogen-bond donors (Lipinski definition) is 1. The summed E-state index contributed by atoms with van der Waals surface area (Å²) in [6.45, 7) is 4.19. The molecule has 4 aromatic rings. The summed E-state index contributed by atoms with van der Waals surface area (Å²) in [5, 5.41) is 9.79. The maximum Gasteiger partial charge on any atom is 0.307 e. The van der Waals surface area contributed by atoms with Gasteiger partial charge in [0, 0.05) is 19.6 Å². The van der Waals surface area contributed by atoms with Crippen LogP contribution in [0, 0.1) is 11.6 Å². The van der Waals surface area contributed by atoms with E-state index in [1.807, 2.05) is 24.3 Å². The highest BCUT2D eigenvalue weighted by Crippen LogP contribution is 2.45. The normalized spacial score (nSPS) is 16.0. The number of ether oxygens (including phenoxy) is 2. The zero-order chi connectivity index (χ0) is 29.8. The van der Waals surface area contributed by atoms with E-state index in [4.69, 9.17) is 9.47 Å². The zero-order valence-electron chi connectivity index (χ0n) is 23.6. The number of carbonyl (C=O) groups is 1. The SMILES string of the molecule is O=C(O)CC1=C(Cc2ccc(Oc3ccc(F)cc3)cc2)/C(=C/c2ccc(CN3CCOCC3)cc2)c2ccc(F)cc21. The van der Waals surface area contributed by atoms with Gasteiger partial charge in [-0.2, -0.15) is 0 Å². The summed E-state index contributed by atoms with van der Waals surface area (Å²) in [5.74, 6) is -0.593. The Balaban J connectivity index is 1.30. The maximum absolute atomic E-state index is 14.4. The first-order valence-corrected chi connectivity index (χ1v) is 14.3. The molecule has 7 heteroatoms. The van der Waals surface area contributed by atoms with Gasteiger partial charge in [0.05, 0.1) is 19.6 Å². The van der Waals surface area contributed by atoms with Gasteiger partial charge in [0.1, 0.15) is 23.1 Å². The standard InChI is InChI=1S/C36H31F2NO4/c37-27-7-12-30(13-8-27)43-29-10-5-25(6-11-29)20-33-32(31-14-9-28(38)21-34(31)35(33)22-36(40)41)19-24-1-3-26(4-2-24)23-39-15-17-42-18-16-39/h1-14,19,21H,15-18,20,22-23H2,(H,40,41)/b32-19+. The number of halogens is 2. The van der Waals surface area contributed by atoms with Gasteiger partial charge in [-0.1, -0.05) is 42.5 Å². The molecule has 0 bridgehead atoms. The summed E-state index contributed by atoms with van der Waals surface area (Å²) in [6, 6.07) is 26.3.